The molecule has 3 rings (SSSR count). The quantitative estimate of drug-likeness (QED) is 0.776. The molecule has 2 aromatic carbocycles. The molecular weight excluding hydrogens is 338 g/mol. The van der Waals surface area contributed by atoms with Crippen LogP contribution in [0.3, 0.4) is 0 Å². The molecule has 0 bridgehead atoms. The topological polar surface area (TPSA) is 37.4 Å². The van der Waals surface area contributed by atoms with Gasteiger partial charge in [-0.15, -0.1) is 11.8 Å². The highest BCUT2D eigenvalue weighted by atomic mass is 35.5. The third-order valence-electron chi connectivity index (χ3n) is 3.81. The number of hydrogen-bond acceptors (Lipinski definition) is 3. The van der Waals surface area contributed by atoms with Gasteiger partial charge in [-0.25, -0.2) is 8.42 Å². The predicted molar refractivity (Wildman–Crippen MR) is 92.5 cm³/mol. The van der Waals surface area contributed by atoms with Crippen LogP contribution >= 0.6 is 23.4 Å². The summed E-state index contributed by atoms with van der Waals surface area (Å²) in [4.78, 5) is 0.983. The Morgan fingerprint density at radius 1 is 1.23 bits per heavy atom. The fourth-order valence-electron chi connectivity index (χ4n) is 2.86. The Morgan fingerprint density at radius 3 is 2.68 bits per heavy atom. The summed E-state index contributed by atoms with van der Waals surface area (Å²) in [6, 6.07) is 12.6. The molecule has 0 fully saturated rings. The van der Waals surface area contributed by atoms with Crippen LogP contribution in [0, 0.1) is 0 Å². The summed E-state index contributed by atoms with van der Waals surface area (Å²) in [6.07, 6.45) is 2.59. The molecule has 22 heavy (non-hydrogen) atoms. The number of hydrogen-bond donors (Lipinski definition) is 0. The van der Waals surface area contributed by atoms with Crippen LogP contribution in [0.4, 0.5) is 5.69 Å². The summed E-state index contributed by atoms with van der Waals surface area (Å²) in [7, 11) is -3.64. The largest absolute Gasteiger partial charge is 0.265 e. The van der Waals surface area contributed by atoms with E-state index < -0.39 is 10.0 Å². The maximum absolute atomic E-state index is 13.2. The number of para-hydroxylation sites is 1. The van der Waals surface area contributed by atoms with E-state index in [1.807, 2.05) is 37.4 Å². The molecule has 116 valence electrons. The van der Waals surface area contributed by atoms with E-state index in [4.69, 9.17) is 11.6 Å². The maximum Gasteiger partial charge on any atom is 0.265 e. The van der Waals surface area contributed by atoms with Crippen LogP contribution in [0.1, 0.15) is 12.5 Å². The molecule has 1 heterocycles. The molecule has 0 N–H and O–H groups in total. The first kappa shape index (κ1) is 15.7. The SMILES string of the molecule is CSc1ccc(Cl)cc1S(=O)(=O)N1c2ccccc2C[C@@H]1C. The predicted octanol–water partition coefficient (Wildman–Crippen LogP) is 4.20. The molecule has 1 atom stereocenters. The van der Waals surface area contributed by atoms with Gasteiger partial charge in [-0.3, -0.25) is 4.31 Å². The van der Waals surface area contributed by atoms with Crippen LogP contribution in [0.15, 0.2) is 52.3 Å². The van der Waals surface area contributed by atoms with E-state index in [-0.39, 0.29) is 10.9 Å². The van der Waals surface area contributed by atoms with Gasteiger partial charge in [0.05, 0.1) is 5.69 Å². The first-order valence-electron chi connectivity index (χ1n) is 6.91. The lowest BCUT2D eigenvalue weighted by Gasteiger charge is -2.25. The highest BCUT2D eigenvalue weighted by Gasteiger charge is 2.36. The molecule has 3 nitrogen and oxygen atoms in total. The molecule has 2 aromatic rings. The minimum Gasteiger partial charge on any atom is -0.263 e. The van der Waals surface area contributed by atoms with Crippen LogP contribution in [0.2, 0.25) is 5.02 Å². The van der Waals surface area contributed by atoms with Gasteiger partial charge in [0.1, 0.15) is 4.90 Å². The minimum atomic E-state index is -3.64. The van der Waals surface area contributed by atoms with Crippen molar-refractivity contribution in [2.24, 2.45) is 0 Å². The van der Waals surface area contributed by atoms with Gasteiger partial charge < -0.3 is 0 Å². The third kappa shape index (κ3) is 2.51. The van der Waals surface area contributed by atoms with Gasteiger partial charge in [-0.1, -0.05) is 29.8 Å². The molecule has 0 saturated heterocycles. The van der Waals surface area contributed by atoms with E-state index in [0.717, 1.165) is 17.7 Å². The number of halogens is 1. The zero-order valence-electron chi connectivity index (χ0n) is 12.3. The zero-order valence-corrected chi connectivity index (χ0v) is 14.7. The molecule has 6 heteroatoms. The van der Waals surface area contributed by atoms with Gasteiger partial charge in [-0.05, 0) is 49.4 Å². The van der Waals surface area contributed by atoms with Crippen molar-refractivity contribution in [3.8, 4) is 0 Å². The molecule has 0 spiro atoms. The Labute approximate surface area is 140 Å². The fourth-order valence-corrected chi connectivity index (χ4v) is 5.92. The molecule has 0 unspecified atom stereocenters. The van der Waals surface area contributed by atoms with Crippen LogP contribution in [-0.4, -0.2) is 20.7 Å². The molecule has 1 aliphatic rings. The molecule has 0 aliphatic carbocycles. The van der Waals surface area contributed by atoms with Crippen LogP contribution in [0.5, 0.6) is 0 Å². The maximum atomic E-state index is 13.2. The van der Waals surface area contributed by atoms with E-state index in [9.17, 15) is 8.42 Å². The highest BCUT2D eigenvalue weighted by molar-refractivity contribution is 7.99. The lowest BCUT2D eigenvalue weighted by molar-refractivity contribution is 0.582. The van der Waals surface area contributed by atoms with Crippen LogP contribution in [0.25, 0.3) is 0 Å². The third-order valence-corrected chi connectivity index (χ3v) is 6.94. The monoisotopic (exact) mass is 353 g/mol. The number of benzene rings is 2. The van der Waals surface area contributed by atoms with E-state index in [2.05, 4.69) is 0 Å². The molecule has 0 amide bonds. The highest BCUT2D eigenvalue weighted by Crippen LogP contribution is 2.39. The smallest absolute Gasteiger partial charge is 0.263 e. The average Bonchev–Trinajstić information content (AvgIpc) is 2.83. The van der Waals surface area contributed by atoms with E-state index in [1.165, 1.54) is 22.1 Å². The van der Waals surface area contributed by atoms with Crippen molar-refractivity contribution in [1.82, 2.24) is 0 Å². The van der Waals surface area contributed by atoms with Crippen molar-refractivity contribution in [2.75, 3.05) is 10.6 Å². The number of fused-ring (bicyclic) bond motifs is 1. The van der Waals surface area contributed by atoms with Crippen molar-refractivity contribution in [3.63, 3.8) is 0 Å². The van der Waals surface area contributed by atoms with Gasteiger partial charge in [0, 0.05) is 16.0 Å². The first-order valence-corrected chi connectivity index (χ1v) is 9.95. The van der Waals surface area contributed by atoms with Gasteiger partial charge >= 0.3 is 0 Å². The van der Waals surface area contributed by atoms with E-state index >= 15 is 0 Å². The number of anilines is 1. The Morgan fingerprint density at radius 2 is 1.95 bits per heavy atom. The van der Waals surface area contributed by atoms with Crippen molar-refractivity contribution in [3.05, 3.63) is 53.1 Å². The van der Waals surface area contributed by atoms with Gasteiger partial charge in [0.15, 0.2) is 0 Å². The standard InChI is InChI=1S/C16H16ClNO2S2/c1-11-9-12-5-3-4-6-14(12)18(11)22(19,20)16-10-13(17)7-8-15(16)21-2/h3-8,10-11H,9H2,1-2H3/t11-/m0/s1. The fraction of sp³-hybridized carbons (Fsp3) is 0.250. The van der Waals surface area contributed by atoms with Crippen molar-refractivity contribution >= 4 is 39.1 Å². The van der Waals surface area contributed by atoms with Crippen molar-refractivity contribution < 1.29 is 8.42 Å². The van der Waals surface area contributed by atoms with Gasteiger partial charge in [-0.2, -0.15) is 0 Å². The van der Waals surface area contributed by atoms with Gasteiger partial charge in [0.2, 0.25) is 0 Å². The number of thioether (sulfide) groups is 1. The lowest BCUT2D eigenvalue weighted by atomic mass is 10.1. The van der Waals surface area contributed by atoms with Crippen molar-refractivity contribution in [1.29, 1.82) is 0 Å². The second-order valence-electron chi connectivity index (χ2n) is 5.28. The lowest BCUT2D eigenvalue weighted by Crippen LogP contribution is -2.36. The van der Waals surface area contributed by atoms with Crippen LogP contribution < -0.4 is 4.31 Å². The summed E-state index contributed by atoms with van der Waals surface area (Å²) < 4.78 is 27.9. The number of sulfonamides is 1. The number of nitrogens with zero attached hydrogens (tertiary/aromatic N) is 1. The Hall–Kier alpha value is -1.17. The summed E-state index contributed by atoms with van der Waals surface area (Å²) >= 11 is 7.44. The minimum absolute atomic E-state index is 0.101. The van der Waals surface area contributed by atoms with Crippen LogP contribution in [-0.2, 0) is 16.4 Å². The molecule has 0 aromatic heterocycles. The van der Waals surface area contributed by atoms with Gasteiger partial charge in [0.25, 0.3) is 10.0 Å². The number of rotatable bonds is 3. The zero-order chi connectivity index (χ0) is 15.9. The Kier molecular flexibility index (Phi) is 4.14. The first-order chi connectivity index (χ1) is 10.4. The summed E-state index contributed by atoms with van der Waals surface area (Å²) in [5, 5.41) is 0.427. The molecule has 1 aliphatic heterocycles. The summed E-state index contributed by atoms with van der Waals surface area (Å²) in [5.41, 5.74) is 1.83. The second-order valence-corrected chi connectivity index (χ2v) is 8.35. The normalized spacial score (nSPS) is 17.6. The Balaban J connectivity index is 2.17. The van der Waals surface area contributed by atoms with E-state index in [0.29, 0.717) is 9.92 Å². The van der Waals surface area contributed by atoms with E-state index in [1.54, 1.807) is 12.1 Å². The Bertz CT molecular complexity index is 821. The van der Waals surface area contributed by atoms with Crippen molar-refractivity contribution in [2.45, 2.75) is 29.2 Å². The summed E-state index contributed by atoms with van der Waals surface area (Å²) in [5.74, 6) is 0. The molecule has 0 radical (unpaired) electrons. The average molecular weight is 354 g/mol. The summed E-state index contributed by atoms with van der Waals surface area (Å²) in [6.45, 7) is 1.93. The molecule has 0 saturated carbocycles. The second kappa shape index (κ2) is 5.80. The molecular formula is C16H16ClNO2S2.